The first kappa shape index (κ1) is 13.1. The van der Waals surface area contributed by atoms with Gasteiger partial charge in [0.2, 0.25) is 5.88 Å². The number of aromatic nitrogens is 2. The molecule has 4 nitrogen and oxygen atoms in total. The van der Waals surface area contributed by atoms with Gasteiger partial charge in [0, 0.05) is 6.42 Å². The molecule has 18 heavy (non-hydrogen) atoms. The Labute approximate surface area is 108 Å². The van der Waals surface area contributed by atoms with Gasteiger partial charge in [-0.1, -0.05) is 20.8 Å². The van der Waals surface area contributed by atoms with Crippen molar-refractivity contribution in [2.24, 2.45) is 5.41 Å². The van der Waals surface area contributed by atoms with Crippen LogP contribution in [0.2, 0.25) is 0 Å². The van der Waals surface area contributed by atoms with Crippen LogP contribution in [0.5, 0.6) is 5.88 Å². The molecule has 1 aromatic heterocycles. The zero-order chi connectivity index (χ0) is 13.2. The normalized spacial score (nSPS) is 19.7. The van der Waals surface area contributed by atoms with Crippen molar-refractivity contribution in [2.75, 3.05) is 0 Å². The number of hydrogen-bond acceptors (Lipinski definition) is 3. The molecule has 0 atom stereocenters. The van der Waals surface area contributed by atoms with E-state index < -0.39 is 0 Å². The number of aromatic amines is 1. The van der Waals surface area contributed by atoms with Crippen molar-refractivity contribution < 1.29 is 4.74 Å². The molecule has 100 valence electrons. The molecule has 2 rings (SSSR count). The van der Waals surface area contributed by atoms with Gasteiger partial charge in [0.25, 0.3) is 5.56 Å². The Bertz CT molecular complexity index is 455. The van der Waals surface area contributed by atoms with Gasteiger partial charge >= 0.3 is 0 Å². The SMILES string of the molecule is CCc1nc(OC2CCC(C)(C)CC2)cc(=O)[nH]1. The van der Waals surface area contributed by atoms with Gasteiger partial charge in [0.05, 0.1) is 6.07 Å². The number of nitrogens with one attached hydrogen (secondary N) is 1. The molecule has 0 aromatic carbocycles. The van der Waals surface area contributed by atoms with Gasteiger partial charge in [0.1, 0.15) is 11.9 Å². The zero-order valence-corrected chi connectivity index (χ0v) is 11.5. The van der Waals surface area contributed by atoms with Crippen molar-refractivity contribution >= 4 is 0 Å². The van der Waals surface area contributed by atoms with Crippen LogP contribution in [0.1, 0.15) is 52.3 Å². The van der Waals surface area contributed by atoms with E-state index >= 15 is 0 Å². The highest BCUT2D eigenvalue weighted by Crippen LogP contribution is 2.36. The van der Waals surface area contributed by atoms with Crippen molar-refractivity contribution in [3.63, 3.8) is 0 Å². The van der Waals surface area contributed by atoms with Crippen LogP contribution in [0.4, 0.5) is 0 Å². The average Bonchev–Trinajstić information content (AvgIpc) is 2.31. The summed E-state index contributed by atoms with van der Waals surface area (Å²) in [7, 11) is 0. The summed E-state index contributed by atoms with van der Waals surface area (Å²) < 4.78 is 5.84. The first-order valence-corrected chi connectivity index (χ1v) is 6.75. The van der Waals surface area contributed by atoms with Crippen LogP contribution < -0.4 is 10.3 Å². The van der Waals surface area contributed by atoms with E-state index in [4.69, 9.17) is 4.74 Å². The van der Waals surface area contributed by atoms with Crippen molar-refractivity contribution in [1.29, 1.82) is 0 Å². The molecule has 0 saturated heterocycles. The third-order valence-electron chi connectivity index (χ3n) is 3.68. The summed E-state index contributed by atoms with van der Waals surface area (Å²) in [6.45, 7) is 6.55. The lowest BCUT2D eigenvalue weighted by atomic mass is 9.76. The molecule has 0 radical (unpaired) electrons. The Balaban J connectivity index is 2.02. The largest absolute Gasteiger partial charge is 0.474 e. The van der Waals surface area contributed by atoms with Gasteiger partial charge in [-0.15, -0.1) is 0 Å². The van der Waals surface area contributed by atoms with E-state index in [-0.39, 0.29) is 11.7 Å². The smallest absolute Gasteiger partial charge is 0.254 e. The van der Waals surface area contributed by atoms with Crippen LogP contribution in [0.25, 0.3) is 0 Å². The Hall–Kier alpha value is -1.32. The van der Waals surface area contributed by atoms with Crippen LogP contribution in [0.15, 0.2) is 10.9 Å². The maximum Gasteiger partial charge on any atom is 0.254 e. The first-order chi connectivity index (χ1) is 8.48. The molecule has 0 bridgehead atoms. The van der Waals surface area contributed by atoms with Gasteiger partial charge in [-0.3, -0.25) is 4.79 Å². The second kappa shape index (κ2) is 5.12. The minimum absolute atomic E-state index is 0.131. The summed E-state index contributed by atoms with van der Waals surface area (Å²) in [4.78, 5) is 18.4. The van der Waals surface area contributed by atoms with E-state index in [0.29, 0.717) is 23.5 Å². The van der Waals surface area contributed by atoms with Gasteiger partial charge in [-0.25, -0.2) is 4.98 Å². The minimum atomic E-state index is -0.131. The molecule has 0 unspecified atom stereocenters. The molecular formula is C14H22N2O2. The van der Waals surface area contributed by atoms with Gasteiger partial charge in [-0.2, -0.15) is 0 Å². The summed E-state index contributed by atoms with van der Waals surface area (Å²) in [5.74, 6) is 1.16. The molecule has 0 spiro atoms. The summed E-state index contributed by atoms with van der Waals surface area (Å²) in [6, 6.07) is 1.44. The molecule has 1 aromatic rings. The van der Waals surface area contributed by atoms with E-state index in [1.807, 2.05) is 6.92 Å². The Morgan fingerprint density at radius 3 is 2.72 bits per heavy atom. The second-order valence-corrected chi connectivity index (χ2v) is 5.87. The number of ether oxygens (including phenoxy) is 1. The number of hydrogen-bond donors (Lipinski definition) is 1. The summed E-state index contributed by atoms with van der Waals surface area (Å²) in [5.41, 5.74) is 0.295. The van der Waals surface area contributed by atoms with Crippen molar-refractivity contribution in [2.45, 2.75) is 59.0 Å². The van der Waals surface area contributed by atoms with Crippen LogP contribution in [-0.4, -0.2) is 16.1 Å². The van der Waals surface area contributed by atoms with Gasteiger partial charge in [-0.05, 0) is 31.1 Å². The third kappa shape index (κ3) is 3.34. The Morgan fingerprint density at radius 2 is 2.11 bits per heavy atom. The molecule has 1 aliphatic rings. The molecule has 0 aliphatic heterocycles. The van der Waals surface area contributed by atoms with E-state index in [2.05, 4.69) is 23.8 Å². The van der Waals surface area contributed by atoms with Gasteiger partial charge < -0.3 is 9.72 Å². The predicted molar refractivity (Wildman–Crippen MR) is 70.9 cm³/mol. The lowest BCUT2D eigenvalue weighted by molar-refractivity contribution is 0.0944. The molecule has 1 saturated carbocycles. The third-order valence-corrected chi connectivity index (χ3v) is 3.68. The summed E-state index contributed by atoms with van der Waals surface area (Å²) >= 11 is 0. The Kier molecular flexibility index (Phi) is 3.73. The average molecular weight is 250 g/mol. The fourth-order valence-corrected chi connectivity index (χ4v) is 2.37. The lowest BCUT2D eigenvalue weighted by Gasteiger charge is -2.34. The van der Waals surface area contributed by atoms with E-state index in [1.165, 1.54) is 18.9 Å². The molecule has 1 heterocycles. The highest BCUT2D eigenvalue weighted by Gasteiger charge is 2.28. The molecule has 1 N–H and O–H groups in total. The molecular weight excluding hydrogens is 228 g/mol. The quantitative estimate of drug-likeness (QED) is 0.897. The topological polar surface area (TPSA) is 55.0 Å². The maximum atomic E-state index is 11.4. The van der Waals surface area contributed by atoms with E-state index in [1.54, 1.807) is 0 Å². The zero-order valence-electron chi connectivity index (χ0n) is 11.5. The number of aryl methyl sites for hydroxylation is 1. The minimum Gasteiger partial charge on any atom is -0.474 e. The standard InChI is InChI=1S/C14H22N2O2/c1-4-11-15-12(17)9-13(16-11)18-10-5-7-14(2,3)8-6-10/h9-10H,4-8H2,1-3H3,(H,15,16,17). The highest BCUT2D eigenvalue weighted by molar-refractivity contribution is 5.09. The highest BCUT2D eigenvalue weighted by atomic mass is 16.5. The predicted octanol–water partition coefficient (Wildman–Crippen LogP) is 2.68. The lowest BCUT2D eigenvalue weighted by Crippen LogP contribution is -2.29. The van der Waals surface area contributed by atoms with Crippen LogP contribution in [-0.2, 0) is 6.42 Å². The summed E-state index contributed by atoms with van der Waals surface area (Å²) in [5, 5.41) is 0. The van der Waals surface area contributed by atoms with Crippen LogP contribution in [0, 0.1) is 5.41 Å². The number of H-pyrrole nitrogens is 1. The number of nitrogens with zero attached hydrogens (tertiary/aromatic N) is 1. The summed E-state index contributed by atoms with van der Waals surface area (Å²) in [6.07, 6.45) is 5.34. The van der Waals surface area contributed by atoms with Gasteiger partial charge in [0.15, 0.2) is 0 Å². The first-order valence-electron chi connectivity index (χ1n) is 6.75. The second-order valence-electron chi connectivity index (χ2n) is 5.87. The van der Waals surface area contributed by atoms with Crippen molar-refractivity contribution in [3.05, 3.63) is 22.2 Å². The molecule has 1 fully saturated rings. The number of rotatable bonds is 3. The molecule has 1 aliphatic carbocycles. The monoisotopic (exact) mass is 250 g/mol. The van der Waals surface area contributed by atoms with Crippen LogP contribution in [0.3, 0.4) is 0 Å². The maximum absolute atomic E-state index is 11.4. The van der Waals surface area contributed by atoms with Crippen LogP contribution >= 0.6 is 0 Å². The molecule has 4 heteroatoms. The van der Waals surface area contributed by atoms with E-state index in [9.17, 15) is 4.79 Å². The Morgan fingerprint density at radius 1 is 1.44 bits per heavy atom. The fourth-order valence-electron chi connectivity index (χ4n) is 2.37. The molecule has 0 amide bonds. The van der Waals surface area contributed by atoms with E-state index in [0.717, 1.165) is 12.8 Å². The fraction of sp³-hybridized carbons (Fsp3) is 0.714. The van der Waals surface area contributed by atoms with Crippen molar-refractivity contribution in [1.82, 2.24) is 9.97 Å². The van der Waals surface area contributed by atoms with Crippen molar-refractivity contribution in [3.8, 4) is 5.88 Å².